The van der Waals surface area contributed by atoms with Crippen LogP contribution >= 0.6 is 11.8 Å². The van der Waals surface area contributed by atoms with E-state index in [0.717, 1.165) is 16.4 Å². The van der Waals surface area contributed by atoms with E-state index in [2.05, 4.69) is 10.2 Å². The lowest BCUT2D eigenvalue weighted by atomic mass is 10.4. The predicted octanol–water partition coefficient (Wildman–Crippen LogP) is -0.778. The summed E-state index contributed by atoms with van der Waals surface area (Å²) in [7, 11) is 0. The van der Waals surface area contributed by atoms with Gasteiger partial charge in [0.15, 0.2) is 5.82 Å². The number of hydrogen-bond acceptors (Lipinski definition) is 6. The van der Waals surface area contributed by atoms with Crippen LogP contribution in [0.3, 0.4) is 0 Å². The number of hydrogen-bond donors (Lipinski definition) is 3. The molecule has 1 heterocycles. The number of aliphatic carboxylic acids is 1. The SMILES string of the molecule is C[C@H](O)c1nnc(SCC(=O)O)n1N. The molecule has 1 aromatic rings. The minimum atomic E-state index is -0.961. The molecule has 0 aliphatic rings. The van der Waals surface area contributed by atoms with Gasteiger partial charge in [0, 0.05) is 0 Å². The molecule has 1 rings (SSSR count). The zero-order valence-corrected chi connectivity index (χ0v) is 8.23. The zero-order chi connectivity index (χ0) is 10.7. The van der Waals surface area contributed by atoms with E-state index in [-0.39, 0.29) is 16.7 Å². The Morgan fingerprint density at radius 1 is 1.71 bits per heavy atom. The third-order valence-electron chi connectivity index (χ3n) is 1.39. The van der Waals surface area contributed by atoms with Gasteiger partial charge >= 0.3 is 5.97 Å². The molecule has 0 aliphatic carbocycles. The number of carbonyl (C=O) groups is 1. The number of nitrogens with two attached hydrogens (primary N) is 1. The second-order valence-corrected chi connectivity index (χ2v) is 3.51. The van der Waals surface area contributed by atoms with E-state index in [0.29, 0.717) is 0 Å². The zero-order valence-electron chi connectivity index (χ0n) is 7.41. The summed E-state index contributed by atoms with van der Waals surface area (Å²) in [5, 5.41) is 25.1. The quantitative estimate of drug-likeness (QED) is 0.448. The maximum Gasteiger partial charge on any atom is 0.313 e. The van der Waals surface area contributed by atoms with Gasteiger partial charge in [-0.15, -0.1) is 10.2 Å². The molecule has 78 valence electrons. The second kappa shape index (κ2) is 4.29. The molecule has 0 saturated heterocycles. The van der Waals surface area contributed by atoms with Crippen LogP contribution in [0.4, 0.5) is 0 Å². The summed E-state index contributed by atoms with van der Waals surface area (Å²) in [4.78, 5) is 10.3. The highest BCUT2D eigenvalue weighted by atomic mass is 32.2. The van der Waals surface area contributed by atoms with E-state index in [1.807, 2.05) is 0 Å². The van der Waals surface area contributed by atoms with Crippen LogP contribution < -0.4 is 5.84 Å². The first kappa shape index (κ1) is 10.8. The Labute approximate surface area is 83.9 Å². The Bertz CT molecular complexity index is 338. The molecule has 7 nitrogen and oxygen atoms in total. The number of aliphatic hydroxyl groups is 1. The maximum atomic E-state index is 10.3. The molecule has 1 atom stereocenters. The normalized spacial score (nSPS) is 12.7. The van der Waals surface area contributed by atoms with Crippen LogP contribution in [0.1, 0.15) is 18.9 Å². The number of nitrogens with zero attached hydrogens (tertiary/aromatic N) is 3. The first-order chi connectivity index (χ1) is 6.52. The van der Waals surface area contributed by atoms with E-state index in [1.165, 1.54) is 6.92 Å². The van der Waals surface area contributed by atoms with Crippen molar-refractivity contribution in [3.05, 3.63) is 5.82 Å². The molecular weight excluding hydrogens is 208 g/mol. The second-order valence-electron chi connectivity index (χ2n) is 2.57. The van der Waals surface area contributed by atoms with E-state index in [1.54, 1.807) is 0 Å². The van der Waals surface area contributed by atoms with Crippen molar-refractivity contribution in [3.8, 4) is 0 Å². The third-order valence-corrected chi connectivity index (χ3v) is 2.32. The fourth-order valence-corrected chi connectivity index (χ4v) is 1.38. The Morgan fingerprint density at radius 2 is 2.36 bits per heavy atom. The summed E-state index contributed by atoms with van der Waals surface area (Å²) >= 11 is 0.947. The number of carboxylic acid groups (broad SMARTS) is 1. The average molecular weight is 218 g/mol. The average Bonchev–Trinajstić information content (AvgIpc) is 2.43. The number of aliphatic hydroxyl groups excluding tert-OH is 1. The van der Waals surface area contributed by atoms with Gasteiger partial charge < -0.3 is 16.1 Å². The van der Waals surface area contributed by atoms with Gasteiger partial charge in [-0.1, -0.05) is 11.8 Å². The van der Waals surface area contributed by atoms with Gasteiger partial charge in [0.05, 0.1) is 5.75 Å². The van der Waals surface area contributed by atoms with Crippen molar-refractivity contribution in [2.24, 2.45) is 0 Å². The third kappa shape index (κ3) is 2.36. The smallest absolute Gasteiger partial charge is 0.313 e. The van der Waals surface area contributed by atoms with Gasteiger partial charge in [-0.2, -0.15) is 0 Å². The molecular formula is C6H10N4O3S. The summed E-state index contributed by atoms with van der Waals surface area (Å²) in [6.07, 6.45) is -0.827. The molecule has 0 spiro atoms. The molecule has 0 unspecified atom stereocenters. The summed E-state index contributed by atoms with van der Waals surface area (Å²) in [6.45, 7) is 1.50. The first-order valence-electron chi connectivity index (χ1n) is 3.75. The molecule has 0 fully saturated rings. The summed E-state index contributed by atoms with van der Waals surface area (Å²) < 4.78 is 1.08. The Hall–Kier alpha value is -1.28. The van der Waals surface area contributed by atoms with Gasteiger partial charge in [-0.25, -0.2) is 4.68 Å². The first-order valence-corrected chi connectivity index (χ1v) is 4.74. The lowest BCUT2D eigenvalue weighted by molar-refractivity contribution is -0.133. The van der Waals surface area contributed by atoms with Gasteiger partial charge in [0.2, 0.25) is 5.16 Å². The van der Waals surface area contributed by atoms with Crippen molar-refractivity contribution in [2.75, 3.05) is 11.6 Å². The Morgan fingerprint density at radius 3 is 2.79 bits per heavy atom. The van der Waals surface area contributed by atoms with E-state index in [4.69, 9.17) is 16.1 Å². The van der Waals surface area contributed by atoms with Gasteiger partial charge in [0.25, 0.3) is 0 Å². The highest BCUT2D eigenvalue weighted by molar-refractivity contribution is 7.99. The van der Waals surface area contributed by atoms with Gasteiger partial charge in [-0.3, -0.25) is 4.79 Å². The monoisotopic (exact) mass is 218 g/mol. The van der Waals surface area contributed by atoms with Crippen molar-refractivity contribution >= 4 is 17.7 Å². The molecule has 0 saturated carbocycles. The lowest BCUT2D eigenvalue weighted by Gasteiger charge is -2.03. The van der Waals surface area contributed by atoms with Gasteiger partial charge in [-0.05, 0) is 6.92 Å². The molecule has 4 N–H and O–H groups in total. The maximum absolute atomic E-state index is 10.3. The number of nitrogen functional groups attached to an aromatic ring is 1. The Kier molecular flexibility index (Phi) is 3.31. The molecule has 0 radical (unpaired) electrons. The summed E-state index contributed by atoms with van der Waals surface area (Å²) in [5.74, 6) is 4.61. The van der Waals surface area contributed by atoms with E-state index >= 15 is 0 Å². The number of rotatable bonds is 4. The fourth-order valence-electron chi connectivity index (χ4n) is 0.798. The molecule has 0 aromatic carbocycles. The minimum absolute atomic E-state index is 0.144. The molecule has 14 heavy (non-hydrogen) atoms. The van der Waals surface area contributed by atoms with E-state index in [9.17, 15) is 4.79 Å². The van der Waals surface area contributed by atoms with Crippen LogP contribution in [0.15, 0.2) is 5.16 Å². The van der Waals surface area contributed by atoms with Crippen LogP contribution in [-0.4, -0.2) is 36.8 Å². The number of carboxylic acids is 1. The van der Waals surface area contributed by atoms with Crippen molar-refractivity contribution in [3.63, 3.8) is 0 Å². The van der Waals surface area contributed by atoms with Crippen LogP contribution in [0.5, 0.6) is 0 Å². The van der Waals surface area contributed by atoms with Crippen LogP contribution in [0.2, 0.25) is 0 Å². The fraction of sp³-hybridized carbons (Fsp3) is 0.500. The number of thioether (sulfide) groups is 1. The van der Waals surface area contributed by atoms with Crippen molar-refractivity contribution in [1.82, 2.24) is 14.9 Å². The van der Waals surface area contributed by atoms with Crippen molar-refractivity contribution in [1.29, 1.82) is 0 Å². The van der Waals surface area contributed by atoms with Crippen molar-refractivity contribution < 1.29 is 15.0 Å². The molecule has 1 aromatic heterocycles. The molecule has 0 amide bonds. The largest absolute Gasteiger partial charge is 0.481 e. The highest BCUT2D eigenvalue weighted by Crippen LogP contribution is 2.16. The molecule has 8 heteroatoms. The molecule has 0 bridgehead atoms. The summed E-state index contributed by atoms with van der Waals surface area (Å²) in [6, 6.07) is 0. The van der Waals surface area contributed by atoms with Gasteiger partial charge in [0.1, 0.15) is 6.10 Å². The van der Waals surface area contributed by atoms with E-state index < -0.39 is 12.1 Å². The van der Waals surface area contributed by atoms with Crippen molar-refractivity contribution in [2.45, 2.75) is 18.2 Å². The Balaban J connectivity index is 2.74. The van der Waals surface area contributed by atoms with Crippen LogP contribution in [-0.2, 0) is 4.79 Å². The molecule has 0 aliphatic heterocycles. The number of aromatic nitrogens is 3. The predicted molar refractivity (Wildman–Crippen MR) is 49.2 cm³/mol. The topological polar surface area (TPSA) is 114 Å². The van der Waals surface area contributed by atoms with Crippen LogP contribution in [0.25, 0.3) is 0 Å². The highest BCUT2D eigenvalue weighted by Gasteiger charge is 2.14. The lowest BCUT2D eigenvalue weighted by Crippen LogP contribution is -2.16. The standard InChI is InChI=1S/C6H10N4O3S/c1-3(11)5-8-9-6(10(5)7)14-2-4(12)13/h3,11H,2,7H2,1H3,(H,12,13)/t3-/m0/s1. The van der Waals surface area contributed by atoms with Crippen LogP contribution in [0, 0.1) is 0 Å². The summed E-state index contributed by atoms with van der Waals surface area (Å²) in [5.41, 5.74) is 0. The minimum Gasteiger partial charge on any atom is -0.481 e.